The zero-order valence-electron chi connectivity index (χ0n) is 18.5. The van der Waals surface area contributed by atoms with Gasteiger partial charge in [-0.05, 0) is 52.8 Å². The molecule has 5 rings (SSSR count). The van der Waals surface area contributed by atoms with E-state index in [-0.39, 0.29) is 18.6 Å². The minimum absolute atomic E-state index is 0.0769. The number of carbonyl (C=O) groups is 3. The average molecular weight is 449 g/mol. The molecule has 3 aliphatic rings. The van der Waals surface area contributed by atoms with Crippen molar-refractivity contribution < 1.29 is 24.2 Å². The molecule has 3 N–H and O–H groups in total. The van der Waals surface area contributed by atoms with E-state index >= 15 is 0 Å². The maximum atomic E-state index is 12.7. The predicted octanol–water partition coefficient (Wildman–Crippen LogP) is 3.53. The smallest absolute Gasteiger partial charge is 0.407 e. The number of rotatable bonds is 8. The molecule has 0 bridgehead atoms. The van der Waals surface area contributed by atoms with Gasteiger partial charge in [-0.1, -0.05) is 55.5 Å². The third kappa shape index (κ3) is 4.45. The van der Waals surface area contributed by atoms with E-state index in [1.807, 2.05) is 36.4 Å². The maximum Gasteiger partial charge on any atom is 0.407 e. The molecule has 172 valence electrons. The number of hydrogen-bond donors (Lipinski definition) is 3. The lowest BCUT2D eigenvalue weighted by molar-refractivity contribution is -0.139. The zero-order chi connectivity index (χ0) is 23.1. The fourth-order valence-electron chi connectivity index (χ4n) is 5.25. The molecule has 0 saturated heterocycles. The van der Waals surface area contributed by atoms with Gasteiger partial charge < -0.3 is 20.5 Å². The van der Waals surface area contributed by atoms with Crippen LogP contribution in [0.1, 0.15) is 43.2 Å². The molecule has 5 unspecified atom stereocenters. The van der Waals surface area contributed by atoms with Crippen molar-refractivity contribution in [2.45, 2.75) is 44.2 Å². The van der Waals surface area contributed by atoms with Gasteiger partial charge in [0.05, 0.1) is 6.42 Å². The van der Waals surface area contributed by atoms with Crippen LogP contribution in [0.3, 0.4) is 0 Å². The highest BCUT2D eigenvalue weighted by molar-refractivity contribution is 5.89. The number of carboxylic acid groups (broad SMARTS) is 1. The van der Waals surface area contributed by atoms with E-state index in [0.717, 1.165) is 28.7 Å². The number of carbonyl (C=O) groups excluding carboxylic acids is 2. The van der Waals surface area contributed by atoms with Crippen LogP contribution in [0.5, 0.6) is 0 Å². The van der Waals surface area contributed by atoms with Gasteiger partial charge in [-0.2, -0.15) is 0 Å². The maximum absolute atomic E-state index is 12.7. The summed E-state index contributed by atoms with van der Waals surface area (Å²) < 4.78 is 5.48. The summed E-state index contributed by atoms with van der Waals surface area (Å²) in [6.45, 7) is 2.30. The Labute approximate surface area is 192 Å². The minimum Gasteiger partial charge on any atom is -0.481 e. The summed E-state index contributed by atoms with van der Waals surface area (Å²) in [5.41, 5.74) is 4.41. The molecular formula is C26H28N2O5. The van der Waals surface area contributed by atoms with Crippen LogP contribution in [0.2, 0.25) is 0 Å². The van der Waals surface area contributed by atoms with Gasteiger partial charge in [0.1, 0.15) is 12.6 Å². The van der Waals surface area contributed by atoms with E-state index in [1.165, 1.54) is 6.42 Å². The molecule has 0 aromatic heterocycles. The lowest BCUT2D eigenvalue weighted by atomic mass is 9.98. The SMILES string of the molecule is CC1CC1C1CC1NC(=O)C(CC(=O)O)NC(=O)OCC1c2ccccc2-c2ccccc21. The Hall–Kier alpha value is -3.35. The molecule has 2 aromatic rings. The van der Waals surface area contributed by atoms with Crippen LogP contribution in [-0.4, -0.2) is 41.8 Å². The number of fused-ring (bicyclic) bond motifs is 3. The van der Waals surface area contributed by atoms with Crippen LogP contribution in [-0.2, 0) is 14.3 Å². The molecule has 2 fully saturated rings. The third-order valence-corrected chi connectivity index (χ3v) is 7.22. The number of carboxylic acids is 1. The van der Waals surface area contributed by atoms with Crippen molar-refractivity contribution in [3.05, 3.63) is 59.7 Å². The second-order valence-corrected chi connectivity index (χ2v) is 9.51. The van der Waals surface area contributed by atoms with Crippen molar-refractivity contribution in [2.75, 3.05) is 6.61 Å². The number of hydrogen-bond acceptors (Lipinski definition) is 4. The van der Waals surface area contributed by atoms with E-state index in [9.17, 15) is 19.5 Å². The second kappa shape index (κ2) is 8.54. The molecule has 33 heavy (non-hydrogen) atoms. The summed E-state index contributed by atoms with van der Waals surface area (Å²) in [5, 5.41) is 14.6. The number of alkyl carbamates (subject to hydrolysis) is 1. The van der Waals surface area contributed by atoms with Crippen LogP contribution in [0.4, 0.5) is 4.79 Å². The quantitative estimate of drug-likeness (QED) is 0.573. The normalized spacial score (nSPS) is 25.4. The summed E-state index contributed by atoms with van der Waals surface area (Å²) >= 11 is 0. The van der Waals surface area contributed by atoms with Gasteiger partial charge in [0.2, 0.25) is 5.91 Å². The largest absolute Gasteiger partial charge is 0.481 e. The molecule has 5 atom stereocenters. The number of aliphatic carboxylic acids is 1. The Bertz CT molecular complexity index is 1050. The topological polar surface area (TPSA) is 105 Å². The van der Waals surface area contributed by atoms with E-state index < -0.39 is 30.4 Å². The zero-order valence-corrected chi connectivity index (χ0v) is 18.5. The first kappa shape index (κ1) is 21.5. The van der Waals surface area contributed by atoms with Gasteiger partial charge in [-0.3, -0.25) is 9.59 Å². The van der Waals surface area contributed by atoms with Crippen LogP contribution >= 0.6 is 0 Å². The van der Waals surface area contributed by atoms with E-state index in [2.05, 4.69) is 29.7 Å². The molecule has 3 aliphatic carbocycles. The van der Waals surface area contributed by atoms with Gasteiger partial charge in [0.25, 0.3) is 0 Å². The molecule has 7 heteroatoms. The predicted molar refractivity (Wildman–Crippen MR) is 122 cm³/mol. The summed E-state index contributed by atoms with van der Waals surface area (Å²) in [5.74, 6) is 0.101. The molecule has 0 spiro atoms. The molecular weight excluding hydrogens is 420 g/mol. The van der Waals surface area contributed by atoms with Gasteiger partial charge >= 0.3 is 12.1 Å². The molecule has 2 aromatic carbocycles. The van der Waals surface area contributed by atoms with Gasteiger partial charge in [0, 0.05) is 12.0 Å². The summed E-state index contributed by atoms with van der Waals surface area (Å²) in [6, 6.07) is 14.9. The summed E-state index contributed by atoms with van der Waals surface area (Å²) in [6.07, 6.45) is 0.827. The first-order valence-electron chi connectivity index (χ1n) is 11.6. The van der Waals surface area contributed by atoms with Gasteiger partial charge in [-0.25, -0.2) is 4.79 Å². The fourth-order valence-corrected chi connectivity index (χ4v) is 5.25. The Morgan fingerprint density at radius 1 is 1.00 bits per heavy atom. The number of benzene rings is 2. The van der Waals surface area contributed by atoms with E-state index in [1.54, 1.807) is 0 Å². The van der Waals surface area contributed by atoms with Gasteiger partial charge in [-0.15, -0.1) is 0 Å². The van der Waals surface area contributed by atoms with Crippen molar-refractivity contribution in [1.82, 2.24) is 10.6 Å². The lowest BCUT2D eigenvalue weighted by Gasteiger charge is -2.19. The van der Waals surface area contributed by atoms with Crippen LogP contribution in [0.15, 0.2) is 48.5 Å². The number of amides is 2. The Kier molecular flexibility index (Phi) is 5.56. The van der Waals surface area contributed by atoms with Crippen molar-refractivity contribution in [2.24, 2.45) is 17.8 Å². The Balaban J connectivity index is 1.20. The highest BCUT2D eigenvalue weighted by atomic mass is 16.5. The monoisotopic (exact) mass is 448 g/mol. The highest BCUT2D eigenvalue weighted by Crippen LogP contribution is 2.54. The van der Waals surface area contributed by atoms with E-state index in [4.69, 9.17) is 4.74 Å². The summed E-state index contributed by atoms with van der Waals surface area (Å²) in [4.78, 5) is 36.5. The van der Waals surface area contributed by atoms with Crippen molar-refractivity contribution >= 4 is 18.0 Å². The van der Waals surface area contributed by atoms with Crippen LogP contribution < -0.4 is 10.6 Å². The Morgan fingerprint density at radius 2 is 1.61 bits per heavy atom. The second-order valence-electron chi connectivity index (χ2n) is 9.51. The molecule has 0 heterocycles. The molecule has 0 aliphatic heterocycles. The van der Waals surface area contributed by atoms with Crippen molar-refractivity contribution in [3.63, 3.8) is 0 Å². The van der Waals surface area contributed by atoms with Crippen molar-refractivity contribution in [1.29, 1.82) is 0 Å². The standard InChI is InChI=1S/C26H28N2O5/c1-14-10-19(14)20-11-22(20)27-25(31)23(12-24(29)30)28-26(32)33-13-21-17-8-4-2-6-15(17)16-7-3-5-9-18(16)21/h2-9,14,19-23H,10-13H2,1H3,(H,27,31)(H,28,32)(H,29,30). The minimum atomic E-state index is -1.17. The first-order chi connectivity index (χ1) is 15.9. The number of ether oxygens (including phenoxy) is 1. The molecule has 2 saturated carbocycles. The average Bonchev–Trinajstić information content (AvgIpc) is 3.69. The molecule has 2 amide bonds. The molecule has 7 nitrogen and oxygen atoms in total. The molecule has 0 radical (unpaired) electrons. The Morgan fingerprint density at radius 3 is 2.18 bits per heavy atom. The van der Waals surface area contributed by atoms with Gasteiger partial charge in [0.15, 0.2) is 0 Å². The van der Waals surface area contributed by atoms with Crippen molar-refractivity contribution in [3.8, 4) is 11.1 Å². The first-order valence-corrected chi connectivity index (χ1v) is 11.6. The van der Waals surface area contributed by atoms with E-state index in [0.29, 0.717) is 17.8 Å². The summed E-state index contributed by atoms with van der Waals surface area (Å²) in [7, 11) is 0. The van der Waals surface area contributed by atoms with Crippen LogP contribution in [0.25, 0.3) is 11.1 Å². The third-order valence-electron chi connectivity index (χ3n) is 7.22. The number of nitrogens with one attached hydrogen (secondary N) is 2. The lowest BCUT2D eigenvalue weighted by Crippen LogP contribution is -2.49. The highest BCUT2D eigenvalue weighted by Gasteiger charge is 2.52. The fraction of sp³-hybridized carbons (Fsp3) is 0.423. The van der Waals surface area contributed by atoms with Crippen LogP contribution in [0, 0.1) is 17.8 Å².